The van der Waals surface area contributed by atoms with Crippen LogP contribution < -0.4 is 22.1 Å². The number of benzene rings is 1. The van der Waals surface area contributed by atoms with Gasteiger partial charge in [0.2, 0.25) is 0 Å². The van der Waals surface area contributed by atoms with Crippen LogP contribution in [-0.4, -0.2) is 34.7 Å². The second-order valence-corrected chi connectivity index (χ2v) is 9.08. The van der Waals surface area contributed by atoms with Crippen LogP contribution in [0.5, 0.6) is 0 Å². The van der Waals surface area contributed by atoms with Gasteiger partial charge in [-0.2, -0.15) is 0 Å². The van der Waals surface area contributed by atoms with E-state index in [1.807, 2.05) is 23.6 Å². The minimum Gasteiger partial charge on any atom is -0.370 e. The molecule has 3 rings (SSSR count). The van der Waals surface area contributed by atoms with Gasteiger partial charge in [0.05, 0.1) is 16.1 Å². The predicted octanol–water partition coefficient (Wildman–Crippen LogP) is 2.43. The number of nitrogens with two attached hydrogens (primary N) is 2. The van der Waals surface area contributed by atoms with Crippen molar-refractivity contribution in [3.63, 3.8) is 0 Å². The monoisotopic (exact) mass is 461 g/mol. The molecule has 0 amide bonds. The highest BCUT2D eigenvalue weighted by molar-refractivity contribution is 7.99. The summed E-state index contributed by atoms with van der Waals surface area (Å²) in [6.45, 7) is 1.26. The molecular weight excluding hydrogens is 434 g/mol. The molecule has 2 unspecified atom stereocenters. The quantitative estimate of drug-likeness (QED) is 0.131. The first-order chi connectivity index (χ1) is 15.0. The number of allylic oxidation sites excluding steroid dienone is 1. The number of rotatable bonds is 11. The minimum atomic E-state index is -0.288. The molecule has 2 atom stereocenters. The average molecular weight is 462 g/mol. The fourth-order valence-corrected chi connectivity index (χ4v) is 4.96. The smallest absolute Gasteiger partial charge is 0.286 e. The Balaban J connectivity index is 1.51. The summed E-state index contributed by atoms with van der Waals surface area (Å²) in [7, 11) is 0. The molecule has 1 aliphatic rings. The van der Waals surface area contributed by atoms with Crippen LogP contribution in [0, 0.1) is 16.0 Å². The van der Waals surface area contributed by atoms with Gasteiger partial charge in [-0.3, -0.25) is 10.1 Å². The van der Waals surface area contributed by atoms with E-state index in [2.05, 4.69) is 32.7 Å². The zero-order valence-electron chi connectivity index (χ0n) is 17.1. The van der Waals surface area contributed by atoms with Gasteiger partial charge in [0.15, 0.2) is 11.8 Å². The van der Waals surface area contributed by atoms with Gasteiger partial charge >= 0.3 is 0 Å². The standard InChI is InChI=1S/C20H27N7O2S2/c21-20(22)26-19(16-12-30-13-25-16)31-9-8-23-18-17(27(28)29)10-15(11-24-18)7-6-14-4-2-1-3-5-14/h1-5,12-13,15,19,23-24H,6-11H2,(H4,21,22,26). The minimum absolute atomic E-state index is 0.00676. The van der Waals surface area contributed by atoms with Crippen LogP contribution in [0.15, 0.2) is 57.7 Å². The number of hydrogen-bond donors (Lipinski definition) is 4. The summed E-state index contributed by atoms with van der Waals surface area (Å²) >= 11 is 3.01. The van der Waals surface area contributed by atoms with Gasteiger partial charge < -0.3 is 22.1 Å². The molecule has 2 heterocycles. The summed E-state index contributed by atoms with van der Waals surface area (Å²) in [6, 6.07) is 10.2. The topological polar surface area (TPSA) is 144 Å². The van der Waals surface area contributed by atoms with Crippen molar-refractivity contribution in [3.8, 4) is 0 Å². The first kappa shape index (κ1) is 22.9. The van der Waals surface area contributed by atoms with Gasteiger partial charge in [-0.05, 0) is 24.3 Å². The highest BCUT2D eigenvalue weighted by Crippen LogP contribution is 2.29. The molecular formula is C20H27N7O2S2. The van der Waals surface area contributed by atoms with E-state index in [4.69, 9.17) is 11.5 Å². The normalized spacial score (nSPS) is 17.0. The third kappa shape index (κ3) is 7.14. The van der Waals surface area contributed by atoms with Crippen molar-refractivity contribution < 1.29 is 4.92 Å². The van der Waals surface area contributed by atoms with Crippen molar-refractivity contribution in [1.82, 2.24) is 15.6 Å². The molecule has 31 heavy (non-hydrogen) atoms. The summed E-state index contributed by atoms with van der Waals surface area (Å²) in [5.41, 5.74) is 15.1. The third-order valence-corrected chi connectivity index (χ3v) is 6.60. The number of hydrogen-bond acceptors (Lipinski definition) is 8. The Bertz CT molecular complexity index is 900. The zero-order chi connectivity index (χ0) is 22.1. The fourth-order valence-electron chi connectivity index (χ4n) is 3.36. The Morgan fingerprint density at radius 2 is 2.23 bits per heavy atom. The summed E-state index contributed by atoms with van der Waals surface area (Å²) in [6.07, 6.45) is 2.28. The van der Waals surface area contributed by atoms with E-state index in [1.165, 1.54) is 28.7 Å². The lowest BCUT2D eigenvalue weighted by Gasteiger charge is -2.25. The van der Waals surface area contributed by atoms with Crippen LogP contribution in [0.2, 0.25) is 0 Å². The maximum absolute atomic E-state index is 11.6. The number of guanidine groups is 1. The zero-order valence-corrected chi connectivity index (χ0v) is 18.7. The molecule has 11 heteroatoms. The van der Waals surface area contributed by atoms with Crippen molar-refractivity contribution in [3.05, 3.63) is 74.1 Å². The fraction of sp³-hybridized carbons (Fsp3) is 0.400. The maximum Gasteiger partial charge on any atom is 0.286 e. The van der Waals surface area contributed by atoms with Gasteiger partial charge in [-0.15, -0.1) is 23.1 Å². The first-order valence-electron chi connectivity index (χ1n) is 10.0. The van der Waals surface area contributed by atoms with Gasteiger partial charge in [-0.25, -0.2) is 9.98 Å². The van der Waals surface area contributed by atoms with Gasteiger partial charge in [0, 0.05) is 30.6 Å². The molecule has 0 saturated heterocycles. The Kier molecular flexibility index (Phi) is 8.53. The van der Waals surface area contributed by atoms with Crippen LogP contribution in [0.25, 0.3) is 0 Å². The lowest BCUT2D eigenvalue weighted by Crippen LogP contribution is -2.39. The molecule has 0 saturated carbocycles. The molecule has 0 aliphatic carbocycles. The molecule has 0 radical (unpaired) electrons. The number of aryl methyl sites for hydroxylation is 1. The summed E-state index contributed by atoms with van der Waals surface area (Å²) < 4.78 is 0. The van der Waals surface area contributed by atoms with E-state index in [1.54, 1.807) is 5.51 Å². The van der Waals surface area contributed by atoms with Crippen LogP contribution in [0.1, 0.15) is 29.5 Å². The number of thiazole rings is 1. The summed E-state index contributed by atoms with van der Waals surface area (Å²) in [5.74, 6) is 1.41. The van der Waals surface area contributed by atoms with Gasteiger partial charge in [0.25, 0.3) is 5.70 Å². The Morgan fingerprint density at radius 1 is 1.42 bits per heavy atom. The van der Waals surface area contributed by atoms with Crippen molar-refractivity contribution in [2.24, 2.45) is 22.4 Å². The van der Waals surface area contributed by atoms with Crippen LogP contribution >= 0.6 is 23.1 Å². The average Bonchev–Trinajstić information content (AvgIpc) is 3.30. The summed E-state index contributed by atoms with van der Waals surface area (Å²) in [4.78, 5) is 19.8. The molecule has 166 valence electrons. The number of thioether (sulfide) groups is 1. The molecule has 6 N–H and O–H groups in total. The first-order valence-corrected chi connectivity index (χ1v) is 12.0. The van der Waals surface area contributed by atoms with Crippen molar-refractivity contribution >= 4 is 29.1 Å². The lowest BCUT2D eigenvalue weighted by molar-refractivity contribution is -0.431. The van der Waals surface area contributed by atoms with E-state index in [9.17, 15) is 10.1 Å². The van der Waals surface area contributed by atoms with Crippen LogP contribution in [0.4, 0.5) is 0 Å². The predicted molar refractivity (Wildman–Crippen MR) is 126 cm³/mol. The third-order valence-electron chi connectivity index (χ3n) is 4.89. The molecule has 2 aromatic rings. The SMILES string of the molecule is NC(N)=NC(SCCNC1=C([N+](=O)[O-])CC(CCc2ccccc2)CN1)c1cscn1. The van der Waals surface area contributed by atoms with Crippen molar-refractivity contribution in [2.45, 2.75) is 24.6 Å². The number of aliphatic imine (C=N–C) groups is 1. The highest BCUT2D eigenvalue weighted by Gasteiger charge is 2.28. The molecule has 1 aliphatic heterocycles. The molecule has 0 fully saturated rings. The van der Waals surface area contributed by atoms with Gasteiger partial charge in [0.1, 0.15) is 5.37 Å². The van der Waals surface area contributed by atoms with Gasteiger partial charge in [-0.1, -0.05) is 30.3 Å². The Morgan fingerprint density at radius 3 is 2.90 bits per heavy atom. The Labute approximate surface area is 189 Å². The Hall–Kier alpha value is -2.79. The second-order valence-electron chi connectivity index (χ2n) is 7.17. The van der Waals surface area contributed by atoms with Crippen molar-refractivity contribution in [1.29, 1.82) is 0 Å². The van der Waals surface area contributed by atoms with E-state index in [-0.39, 0.29) is 27.9 Å². The molecule has 0 spiro atoms. The molecule has 1 aromatic heterocycles. The van der Waals surface area contributed by atoms with E-state index >= 15 is 0 Å². The van der Waals surface area contributed by atoms with Crippen molar-refractivity contribution in [2.75, 3.05) is 18.8 Å². The lowest BCUT2D eigenvalue weighted by atomic mass is 9.93. The second kappa shape index (κ2) is 11.6. The van der Waals surface area contributed by atoms with E-state index in [0.717, 1.165) is 25.1 Å². The largest absolute Gasteiger partial charge is 0.370 e. The number of aromatic nitrogens is 1. The number of nitrogens with one attached hydrogen (secondary N) is 2. The van der Waals surface area contributed by atoms with Crippen LogP contribution in [0.3, 0.4) is 0 Å². The molecule has 0 bridgehead atoms. The van der Waals surface area contributed by atoms with Crippen LogP contribution in [-0.2, 0) is 6.42 Å². The van der Waals surface area contributed by atoms with E-state index < -0.39 is 0 Å². The number of nitro groups is 1. The summed E-state index contributed by atoms with van der Waals surface area (Å²) in [5, 5.41) is 19.6. The molecule has 1 aromatic carbocycles. The maximum atomic E-state index is 11.6. The molecule has 9 nitrogen and oxygen atoms in total. The highest BCUT2D eigenvalue weighted by atomic mass is 32.2. The van der Waals surface area contributed by atoms with E-state index in [0.29, 0.717) is 24.5 Å². The number of nitrogens with zero attached hydrogens (tertiary/aromatic N) is 3.